The Morgan fingerprint density at radius 1 is 1.58 bits per heavy atom. The summed E-state index contributed by atoms with van der Waals surface area (Å²) in [6.07, 6.45) is 1.14. The molecule has 0 saturated carbocycles. The first-order valence-corrected chi connectivity index (χ1v) is 3.36. The van der Waals surface area contributed by atoms with Crippen LogP contribution >= 0.6 is 0 Å². The van der Waals surface area contributed by atoms with Gasteiger partial charge in [0.2, 0.25) is 5.91 Å². The molecule has 1 amide bonds. The van der Waals surface area contributed by atoms with Crippen LogP contribution in [0.2, 0.25) is 0 Å². The van der Waals surface area contributed by atoms with Gasteiger partial charge in [0, 0.05) is 6.54 Å². The minimum Gasteiger partial charge on any atom is -0.480 e. The number of rotatable bonds is 6. The van der Waals surface area contributed by atoms with E-state index in [1.807, 2.05) is 0 Å². The Labute approximate surface area is 70.0 Å². The van der Waals surface area contributed by atoms with E-state index < -0.39 is 5.97 Å². The van der Waals surface area contributed by atoms with Crippen LogP contribution in [-0.2, 0) is 14.3 Å². The molecule has 0 aliphatic heterocycles. The van der Waals surface area contributed by atoms with E-state index in [9.17, 15) is 9.59 Å². The Balaban J connectivity index is 3.16. The van der Waals surface area contributed by atoms with Crippen LogP contribution in [0.1, 0.15) is 0 Å². The van der Waals surface area contributed by atoms with Gasteiger partial charge in [-0.05, 0) is 6.08 Å². The third kappa shape index (κ3) is 6.76. The van der Waals surface area contributed by atoms with Crippen molar-refractivity contribution < 1.29 is 19.4 Å². The summed E-state index contributed by atoms with van der Waals surface area (Å²) in [4.78, 5) is 20.4. The fourth-order valence-electron chi connectivity index (χ4n) is 0.478. The molecule has 0 bridgehead atoms. The molecule has 5 heteroatoms. The van der Waals surface area contributed by atoms with Crippen LogP contribution in [0.4, 0.5) is 0 Å². The lowest BCUT2D eigenvalue weighted by molar-refractivity contribution is -0.142. The number of carbonyl (C=O) groups excluding carboxylic acids is 1. The monoisotopic (exact) mass is 173 g/mol. The summed E-state index contributed by atoms with van der Waals surface area (Å²) in [5.74, 6) is -1.32. The van der Waals surface area contributed by atoms with Crippen LogP contribution in [0.5, 0.6) is 0 Å². The number of carboxylic acids is 1. The van der Waals surface area contributed by atoms with Gasteiger partial charge in [0.25, 0.3) is 0 Å². The van der Waals surface area contributed by atoms with Crippen molar-refractivity contribution in [1.29, 1.82) is 0 Å². The van der Waals surface area contributed by atoms with E-state index in [1.54, 1.807) is 0 Å². The van der Waals surface area contributed by atoms with E-state index in [4.69, 9.17) is 5.11 Å². The fourth-order valence-corrected chi connectivity index (χ4v) is 0.478. The molecule has 68 valence electrons. The van der Waals surface area contributed by atoms with Gasteiger partial charge in [-0.1, -0.05) is 6.58 Å². The molecule has 0 saturated heterocycles. The lowest BCUT2D eigenvalue weighted by atomic mass is 10.5. The van der Waals surface area contributed by atoms with Gasteiger partial charge in [-0.25, -0.2) is 4.79 Å². The largest absolute Gasteiger partial charge is 0.480 e. The third-order valence-electron chi connectivity index (χ3n) is 0.957. The number of aliphatic carboxylic acids is 1. The van der Waals surface area contributed by atoms with Crippen molar-refractivity contribution in [2.45, 2.75) is 0 Å². The number of carboxylic acid groups (broad SMARTS) is 1. The molecular formula is C7H11NO4. The number of hydrogen-bond donors (Lipinski definition) is 2. The number of ether oxygens (including phenoxy) is 1. The average molecular weight is 173 g/mol. The second-order valence-corrected chi connectivity index (χ2v) is 1.94. The maximum absolute atomic E-state index is 10.5. The maximum Gasteiger partial charge on any atom is 0.329 e. The number of amides is 1. The molecular weight excluding hydrogens is 162 g/mol. The zero-order valence-corrected chi connectivity index (χ0v) is 6.58. The quantitative estimate of drug-likeness (QED) is 0.415. The predicted octanol–water partition coefficient (Wildman–Crippen LogP) is -0.610. The van der Waals surface area contributed by atoms with E-state index in [-0.39, 0.29) is 25.7 Å². The van der Waals surface area contributed by atoms with Crippen molar-refractivity contribution in [2.24, 2.45) is 0 Å². The topological polar surface area (TPSA) is 75.6 Å². The molecule has 0 aliphatic rings. The molecule has 5 nitrogen and oxygen atoms in total. The number of nitrogens with one attached hydrogen (secondary N) is 1. The van der Waals surface area contributed by atoms with Gasteiger partial charge < -0.3 is 15.2 Å². The van der Waals surface area contributed by atoms with Gasteiger partial charge in [0.15, 0.2) is 0 Å². The van der Waals surface area contributed by atoms with Crippen LogP contribution in [0.3, 0.4) is 0 Å². The molecule has 0 heterocycles. The highest BCUT2D eigenvalue weighted by Crippen LogP contribution is 1.73. The number of carbonyl (C=O) groups is 2. The van der Waals surface area contributed by atoms with Crippen molar-refractivity contribution >= 4 is 11.9 Å². The van der Waals surface area contributed by atoms with Crippen molar-refractivity contribution in [3.63, 3.8) is 0 Å². The fraction of sp³-hybridized carbons (Fsp3) is 0.429. The Morgan fingerprint density at radius 3 is 2.75 bits per heavy atom. The maximum atomic E-state index is 10.5. The first kappa shape index (κ1) is 10.6. The van der Waals surface area contributed by atoms with Crippen molar-refractivity contribution in [1.82, 2.24) is 5.32 Å². The lowest BCUT2D eigenvalue weighted by Crippen LogP contribution is -2.26. The molecule has 12 heavy (non-hydrogen) atoms. The van der Waals surface area contributed by atoms with E-state index in [0.717, 1.165) is 6.08 Å². The molecule has 0 rings (SSSR count). The smallest absolute Gasteiger partial charge is 0.329 e. The third-order valence-corrected chi connectivity index (χ3v) is 0.957. The summed E-state index contributed by atoms with van der Waals surface area (Å²) in [7, 11) is 0. The van der Waals surface area contributed by atoms with Gasteiger partial charge in [0.1, 0.15) is 6.61 Å². The molecule has 0 aliphatic carbocycles. The van der Waals surface area contributed by atoms with E-state index >= 15 is 0 Å². The molecule has 0 radical (unpaired) electrons. The first-order valence-electron chi connectivity index (χ1n) is 3.36. The summed E-state index contributed by atoms with van der Waals surface area (Å²) in [5.41, 5.74) is 0. The van der Waals surface area contributed by atoms with Crippen molar-refractivity contribution in [3.05, 3.63) is 12.7 Å². The summed E-state index contributed by atoms with van der Waals surface area (Å²) in [6.45, 7) is 3.37. The van der Waals surface area contributed by atoms with Gasteiger partial charge in [0.05, 0.1) is 6.61 Å². The normalized spacial score (nSPS) is 9.00. The SMILES string of the molecule is C=CC(=O)NCCOCC(=O)O. The Hall–Kier alpha value is -1.36. The summed E-state index contributed by atoms with van der Waals surface area (Å²) in [5, 5.41) is 10.6. The van der Waals surface area contributed by atoms with Crippen LogP contribution in [0.25, 0.3) is 0 Å². The minimum absolute atomic E-state index is 0.186. The lowest BCUT2D eigenvalue weighted by Gasteiger charge is -2.01. The zero-order chi connectivity index (χ0) is 9.40. The van der Waals surface area contributed by atoms with Crippen LogP contribution in [0, 0.1) is 0 Å². The molecule has 2 N–H and O–H groups in total. The summed E-state index contributed by atoms with van der Waals surface area (Å²) in [6, 6.07) is 0. The highest BCUT2D eigenvalue weighted by atomic mass is 16.5. The molecule has 0 aromatic rings. The average Bonchev–Trinajstić information content (AvgIpc) is 2.03. The minimum atomic E-state index is -1.02. The van der Waals surface area contributed by atoms with Gasteiger partial charge in [-0.3, -0.25) is 4.79 Å². The Kier molecular flexibility index (Phi) is 5.64. The molecule has 0 aromatic carbocycles. The Morgan fingerprint density at radius 2 is 2.25 bits per heavy atom. The van der Waals surface area contributed by atoms with E-state index in [1.165, 1.54) is 0 Å². The zero-order valence-electron chi connectivity index (χ0n) is 6.58. The van der Waals surface area contributed by atoms with Crippen LogP contribution < -0.4 is 5.32 Å². The molecule has 0 atom stereocenters. The van der Waals surface area contributed by atoms with Crippen LogP contribution in [0.15, 0.2) is 12.7 Å². The van der Waals surface area contributed by atoms with Gasteiger partial charge in [-0.2, -0.15) is 0 Å². The van der Waals surface area contributed by atoms with E-state index in [0.29, 0.717) is 0 Å². The second-order valence-electron chi connectivity index (χ2n) is 1.94. The Bertz CT molecular complexity index is 178. The highest BCUT2D eigenvalue weighted by molar-refractivity contribution is 5.86. The van der Waals surface area contributed by atoms with Crippen LogP contribution in [-0.4, -0.2) is 36.7 Å². The first-order chi connectivity index (χ1) is 5.66. The highest BCUT2D eigenvalue weighted by Gasteiger charge is 1.96. The van der Waals surface area contributed by atoms with Gasteiger partial charge in [-0.15, -0.1) is 0 Å². The summed E-state index contributed by atoms with van der Waals surface area (Å²) < 4.78 is 4.64. The second kappa shape index (κ2) is 6.36. The van der Waals surface area contributed by atoms with Gasteiger partial charge >= 0.3 is 5.97 Å². The van der Waals surface area contributed by atoms with Crippen molar-refractivity contribution in [2.75, 3.05) is 19.8 Å². The van der Waals surface area contributed by atoms with Crippen molar-refractivity contribution in [3.8, 4) is 0 Å². The molecule has 0 fully saturated rings. The molecule has 0 aromatic heterocycles. The predicted molar refractivity (Wildman–Crippen MR) is 41.7 cm³/mol. The molecule has 0 unspecified atom stereocenters. The number of hydrogen-bond acceptors (Lipinski definition) is 3. The van der Waals surface area contributed by atoms with E-state index in [2.05, 4.69) is 16.6 Å². The molecule has 0 spiro atoms. The summed E-state index contributed by atoms with van der Waals surface area (Å²) >= 11 is 0. The standard InChI is InChI=1S/C7H11NO4/c1-2-6(9)8-3-4-12-5-7(10)11/h2H,1,3-5H2,(H,8,9)(H,10,11).